The maximum atomic E-state index is 6.30. The zero-order valence-corrected chi connectivity index (χ0v) is 12.9. The molecule has 4 rings (SSSR count). The van der Waals surface area contributed by atoms with E-state index in [4.69, 9.17) is 9.16 Å². The maximum Gasteiger partial charge on any atom is 0.263 e. The van der Waals surface area contributed by atoms with Crippen molar-refractivity contribution in [2.24, 2.45) is 0 Å². The van der Waals surface area contributed by atoms with Crippen molar-refractivity contribution >= 4 is 9.76 Å². The molecule has 0 amide bonds. The van der Waals surface area contributed by atoms with Crippen LogP contribution in [0.15, 0.2) is 48.5 Å². The van der Waals surface area contributed by atoms with Crippen molar-refractivity contribution in [3.05, 3.63) is 59.7 Å². The molecule has 106 valence electrons. The van der Waals surface area contributed by atoms with E-state index in [0.29, 0.717) is 15.5 Å². The van der Waals surface area contributed by atoms with Gasteiger partial charge < -0.3 is 9.16 Å². The fourth-order valence-corrected chi connectivity index (χ4v) is 4.26. The number of fused-ring (bicyclic) bond motifs is 3. The molecule has 0 bridgehead atoms. The van der Waals surface area contributed by atoms with Crippen molar-refractivity contribution in [3.8, 4) is 11.1 Å². The van der Waals surface area contributed by atoms with Crippen LogP contribution in [-0.4, -0.2) is 22.1 Å². The predicted molar refractivity (Wildman–Crippen MR) is 84.2 cm³/mol. The maximum absolute atomic E-state index is 6.30. The van der Waals surface area contributed by atoms with Crippen molar-refractivity contribution < 1.29 is 9.16 Å². The number of benzene rings is 2. The summed E-state index contributed by atoms with van der Waals surface area (Å²) in [5.41, 5.74) is 5.50. The second kappa shape index (κ2) is 5.76. The third-order valence-electron chi connectivity index (χ3n) is 4.27. The SMILES string of the molecule is c1ccc2c(c1)-c1ccccc1C2O[Si]C1CCCCO1. The number of ether oxygens (including phenoxy) is 1. The Hall–Kier alpha value is -1.42. The molecule has 1 aliphatic carbocycles. The van der Waals surface area contributed by atoms with Gasteiger partial charge in [0.2, 0.25) is 0 Å². The lowest BCUT2D eigenvalue weighted by Crippen LogP contribution is -2.28. The molecule has 0 aromatic heterocycles. The van der Waals surface area contributed by atoms with Crippen LogP contribution in [0.2, 0.25) is 0 Å². The highest BCUT2D eigenvalue weighted by Gasteiger charge is 2.29. The zero-order chi connectivity index (χ0) is 14.1. The van der Waals surface area contributed by atoms with Gasteiger partial charge in [-0.05, 0) is 41.5 Å². The summed E-state index contributed by atoms with van der Waals surface area (Å²) in [5, 5.41) is 0. The molecule has 2 aromatic rings. The fourth-order valence-electron chi connectivity index (χ4n) is 3.21. The lowest BCUT2D eigenvalue weighted by Gasteiger charge is -2.23. The average molecular weight is 294 g/mol. The molecule has 3 heteroatoms. The van der Waals surface area contributed by atoms with Crippen molar-refractivity contribution in [2.45, 2.75) is 31.1 Å². The van der Waals surface area contributed by atoms with Gasteiger partial charge in [0.05, 0.1) is 11.8 Å². The first kappa shape index (κ1) is 13.3. The molecule has 1 fully saturated rings. The summed E-state index contributed by atoms with van der Waals surface area (Å²) in [6.45, 7) is 0.888. The minimum atomic E-state index is 0.0706. The Morgan fingerprint density at radius 1 is 0.905 bits per heavy atom. The lowest BCUT2D eigenvalue weighted by atomic mass is 10.1. The summed E-state index contributed by atoms with van der Waals surface area (Å²) in [7, 11) is 0.417. The van der Waals surface area contributed by atoms with Crippen LogP contribution in [0.3, 0.4) is 0 Å². The van der Waals surface area contributed by atoms with Crippen LogP contribution >= 0.6 is 0 Å². The van der Waals surface area contributed by atoms with Crippen LogP contribution in [0.4, 0.5) is 0 Å². The molecule has 1 saturated heterocycles. The second-order valence-electron chi connectivity index (χ2n) is 5.65. The Morgan fingerprint density at radius 3 is 2.19 bits per heavy atom. The largest absolute Gasteiger partial charge is 0.404 e. The topological polar surface area (TPSA) is 18.5 Å². The molecular weight excluding hydrogens is 276 g/mol. The van der Waals surface area contributed by atoms with Gasteiger partial charge in [-0.25, -0.2) is 0 Å². The highest BCUT2D eigenvalue weighted by Crippen LogP contribution is 2.44. The molecule has 21 heavy (non-hydrogen) atoms. The molecule has 1 atom stereocenters. The van der Waals surface area contributed by atoms with E-state index in [2.05, 4.69) is 48.5 Å². The van der Waals surface area contributed by atoms with E-state index in [1.807, 2.05) is 0 Å². The van der Waals surface area contributed by atoms with Gasteiger partial charge in [-0.15, -0.1) is 0 Å². The quantitative estimate of drug-likeness (QED) is 0.799. The van der Waals surface area contributed by atoms with Gasteiger partial charge in [-0.3, -0.25) is 0 Å². The molecule has 2 nitrogen and oxygen atoms in total. The summed E-state index contributed by atoms with van der Waals surface area (Å²) in [6, 6.07) is 17.2. The summed E-state index contributed by atoms with van der Waals surface area (Å²) in [5.74, 6) is 0. The molecular formula is C18H18O2Si. The Balaban J connectivity index is 1.59. The van der Waals surface area contributed by atoms with E-state index in [9.17, 15) is 0 Å². The van der Waals surface area contributed by atoms with Crippen molar-refractivity contribution in [1.82, 2.24) is 0 Å². The van der Waals surface area contributed by atoms with Gasteiger partial charge in [-0.2, -0.15) is 0 Å². The number of rotatable bonds is 3. The summed E-state index contributed by atoms with van der Waals surface area (Å²) in [4.78, 5) is 0. The Morgan fingerprint density at radius 2 is 1.57 bits per heavy atom. The highest BCUT2D eigenvalue weighted by molar-refractivity contribution is 6.29. The van der Waals surface area contributed by atoms with E-state index in [1.54, 1.807) is 0 Å². The smallest absolute Gasteiger partial charge is 0.263 e. The van der Waals surface area contributed by atoms with E-state index < -0.39 is 0 Å². The molecule has 0 N–H and O–H groups in total. The first-order chi connectivity index (χ1) is 10.4. The molecule has 2 aliphatic rings. The fraction of sp³-hybridized carbons (Fsp3) is 0.333. The standard InChI is InChI=1S/C18H18O2Si/c1-3-9-15-13(7-1)14-8-2-4-10-16(14)18(15)20-21-17-11-5-6-12-19-17/h1-4,7-10,17-18H,5-6,11-12H2. The van der Waals surface area contributed by atoms with E-state index >= 15 is 0 Å². The van der Waals surface area contributed by atoms with Crippen molar-refractivity contribution in [1.29, 1.82) is 0 Å². The second-order valence-corrected chi connectivity index (χ2v) is 6.76. The highest BCUT2D eigenvalue weighted by atomic mass is 28.2. The molecule has 1 aliphatic heterocycles. The van der Waals surface area contributed by atoms with E-state index in [1.165, 1.54) is 35.1 Å². The molecule has 0 spiro atoms. The van der Waals surface area contributed by atoms with E-state index in [0.717, 1.165) is 13.0 Å². The minimum Gasteiger partial charge on any atom is -0.404 e. The van der Waals surface area contributed by atoms with Crippen LogP contribution in [0.5, 0.6) is 0 Å². The van der Waals surface area contributed by atoms with Crippen LogP contribution in [-0.2, 0) is 9.16 Å². The number of hydrogen-bond donors (Lipinski definition) is 0. The van der Waals surface area contributed by atoms with Crippen LogP contribution in [0.25, 0.3) is 11.1 Å². The zero-order valence-electron chi connectivity index (χ0n) is 11.9. The van der Waals surface area contributed by atoms with Crippen molar-refractivity contribution in [2.75, 3.05) is 6.61 Å². The summed E-state index contributed by atoms with van der Waals surface area (Å²) in [6.07, 6.45) is 3.66. The minimum absolute atomic E-state index is 0.0706. The first-order valence-electron chi connectivity index (χ1n) is 7.64. The average Bonchev–Trinajstić information content (AvgIpc) is 2.88. The molecule has 2 radical (unpaired) electrons. The Kier molecular flexibility index (Phi) is 3.63. The first-order valence-corrected chi connectivity index (χ1v) is 8.63. The molecule has 1 heterocycles. The Labute approximate surface area is 128 Å². The van der Waals surface area contributed by atoms with Gasteiger partial charge in [0.25, 0.3) is 9.76 Å². The number of hydrogen-bond acceptors (Lipinski definition) is 2. The van der Waals surface area contributed by atoms with Gasteiger partial charge in [0.1, 0.15) is 0 Å². The monoisotopic (exact) mass is 294 g/mol. The Bertz CT molecular complexity index is 589. The van der Waals surface area contributed by atoms with Crippen LogP contribution in [0, 0.1) is 0 Å². The summed E-state index contributed by atoms with van der Waals surface area (Å²) >= 11 is 0. The van der Waals surface area contributed by atoms with Crippen LogP contribution < -0.4 is 0 Å². The van der Waals surface area contributed by atoms with Gasteiger partial charge in [0, 0.05) is 6.61 Å². The van der Waals surface area contributed by atoms with Crippen molar-refractivity contribution in [3.63, 3.8) is 0 Å². The van der Waals surface area contributed by atoms with Gasteiger partial charge >= 0.3 is 0 Å². The lowest BCUT2D eigenvalue weighted by molar-refractivity contribution is 0.0522. The third-order valence-corrected chi connectivity index (χ3v) is 5.36. The normalized spacial score (nSPS) is 21.0. The summed E-state index contributed by atoms with van der Waals surface area (Å²) < 4.78 is 12.1. The molecule has 2 aromatic carbocycles. The van der Waals surface area contributed by atoms with Gasteiger partial charge in [-0.1, -0.05) is 48.5 Å². The van der Waals surface area contributed by atoms with Crippen LogP contribution in [0.1, 0.15) is 36.5 Å². The van der Waals surface area contributed by atoms with E-state index in [-0.39, 0.29) is 6.10 Å². The molecule has 1 unspecified atom stereocenters. The predicted octanol–water partition coefficient (Wildman–Crippen LogP) is 3.92. The van der Waals surface area contributed by atoms with Gasteiger partial charge in [0.15, 0.2) is 0 Å². The molecule has 0 saturated carbocycles. The third kappa shape index (κ3) is 2.46.